The molecule has 4 N–H and O–H groups in total. The van der Waals surface area contributed by atoms with Gasteiger partial charge in [-0.2, -0.15) is 0 Å². The van der Waals surface area contributed by atoms with E-state index in [9.17, 15) is 5.11 Å². The van der Waals surface area contributed by atoms with Crippen LogP contribution in [0.1, 0.15) is 19.3 Å². The molecule has 0 unspecified atom stereocenters. The minimum Gasteiger partial charge on any atom is -0.388 e. The second-order valence-electron chi connectivity index (χ2n) is 3.85. The van der Waals surface area contributed by atoms with Gasteiger partial charge in [0.25, 0.3) is 0 Å². The van der Waals surface area contributed by atoms with Gasteiger partial charge in [-0.25, -0.2) is 9.97 Å². The Labute approximate surface area is 96.2 Å². The highest BCUT2D eigenvalue weighted by Crippen LogP contribution is 2.32. The molecule has 1 aromatic rings. The van der Waals surface area contributed by atoms with Gasteiger partial charge in [0.15, 0.2) is 0 Å². The van der Waals surface area contributed by atoms with Crippen molar-refractivity contribution in [2.75, 3.05) is 17.6 Å². The molecule has 1 fully saturated rings. The molecule has 1 heterocycles. The normalized spacial score (nSPS) is 18.3. The van der Waals surface area contributed by atoms with Crippen LogP contribution in [-0.2, 0) is 0 Å². The largest absolute Gasteiger partial charge is 0.388 e. The molecule has 0 saturated heterocycles. The number of rotatable bonds is 3. The fraction of sp³-hybridized carbons (Fsp3) is 0.556. The zero-order valence-electron chi connectivity index (χ0n) is 8.20. The van der Waals surface area contributed by atoms with Crippen LogP contribution < -0.4 is 11.1 Å². The maximum Gasteiger partial charge on any atom is 0.146 e. The third kappa shape index (κ3) is 2.21. The lowest BCUT2D eigenvalue weighted by Crippen LogP contribution is -2.43. The van der Waals surface area contributed by atoms with Gasteiger partial charge in [-0.1, -0.05) is 0 Å². The summed E-state index contributed by atoms with van der Waals surface area (Å²) in [5.41, 5.74) is 5.04. The average Bonchev–Trinajstić information content (AvgIpc) is 2.17. The van der Waals surface area contributed by atoms with E-state index in [0.29, 0.717) is 22.7 Å². The summed E-state index contributed by atoms with van der Waals surface area (Å²) in [6.07, 6.45) is 4.18. The first-order valence-electron chi connectivity index (χ1n) is 4.83. The standard InChI is InChI=1S/C9H13BrN4O/c10-6-7(11)13-5-14-8(6)12-4-9(15)2-1-3-9/h5,15H,1-4H2,(H3,11,12,13,14). The highest BCUT2D eigenvalue weighted by Gasteiger charge is 2.34. The van der Waals surface area contributed by atoms with E-state index in [1.54, 1.807) is 0 Å². The third-order valence-electron chi connectivity index (χ3n) is 2.69. The Hall–Kier alpha value is -0.880. The summed E-state index contributed by atoms with van der Waals surface area (Å²) in [5, 5.41) is 12.9. The van der Waals surface area contributed by atoms with Crippen molar-refractivity contribution in [2.24, 2.45) is 0 Å². The van der Waals surface area contributed by atoms with Crippen molar-refractivity contribution in [1.82, 2.24) is 9.97 Å². The van der Waals surface area contributed by atoms with Crippen LogP contribution in [0, 0.1) is 0 Å². The molecule has 5 nitrogen and oxygen atoms in total. The van der Waals surface area contributed by atoms with E-state index >= 15 is 0 Å². The third-order valence-corrected chi connectivity index (χ3v) is 3.47. The van der Waals surface area contributed by atoms with E-state index in [1.165, 1.54) is 6.33 Å². The van der Waals surface area contributed by atoms with Crippen LogP contribution in [0.2, 0.25) is 0 Å². The molecule has 1 aliphatic carbocycles. The molecule has 6 heteroatoms. The predicted octanol–water partition coefficient (Wildman–Crippen LogP) is 1.15. The van der Waals surface area contributed by atoms with E-state index in [0.717, 1.165) is 19.3 Å². The number of aromatic nitrogens is 2. The zero-order valence-corrected chi connectivity index (χ0v) is 9.79. The zero-order chi connectivity index (χ0) is 10.9. The number of hydrogen-bond donors (Lipinski definition) is 3. The molecule has 0 atom stereocenters. The monoisotopic (exact) mass is 272 g/mol. The molecular formula is C9H13BrN4O. The predicted molar refractivity (Wildman–Crippen MR) is 61.4 cm³/mol. The minimum atomic E-state index is -0.570. The molecule has 1 aromatic heterocycles. The molecule has 0 amide bonds. The van der Waals surface area contributed by atoms with E-state index < -0.39 is 5.60 Å². The van der Waals surface area contributed by atoms with E-state index in [2.05, 4.69) is 31.2 Å². The summed E-state index contributed by atoms with van der Waals surface area (Å²) in [4.78, 5) is 7.88. The summed E-state index contributed by atoms with van der Waals surface area (Å²) < 4.78 is 0.646. The van der Waals surface area contributed by atoms with Gasteiger partial charge in [0.1, 0.15) is 22.4 Å². The first kappa shape index (κ1) is 10.6. The van der Waals surface area contributed by atoms with Crippen LogP contribution in [0.3, 0.4) is 0 Å². The van der Waals surface area contributed by atoms with Crippen molar-refractivity contribution in [2.45, 2.75) is 24.9 Å². The SMILES string of the molecule is Nc1ncnc(NCC2(O)CCC2)c1Br. The fourth-order valence-corrected chi connectivity index (χ4v) is 1.86. The lowest BCUT2D eigenvalue weighted by atomic mass is 9.80. The summed E-state index contributed by atoms with van der Waals surface area (Å²) in [7, 11) is 0. The molecule has 0 bridgehead atoms. The van der Waals surface area contributed by atoms with Crippen molar-refractivity contribution in [1.29, 1.82) is 0 Å². The molecule has 0 spiro atoms. The Kier molecular flexibility index (Phi) is 2.79. The van der Waals surface area contributed by atoms with Gasteiger partial charge >= 0.3 is 0 Å². The molecule has 15 heavy (non-hydrogen) atoms. The maximum atomic E-state index is 9.88. The molecule has 2 rings (SSSR count). The van der Waals surface area contributed by atoms with Gasteiger partial charge in [0.05, 0.1) is 5.60 Å². The van der Waals surface area contributed by atoms with Gasteiger partial charge in [0, 0.05) is 6.54 Å². The number of hydrogen-bond acceptors (Lipinski definition) is 5. The second-order valence-corrected chi connectivity index (χ2v) is 4.65. The number of nitrogens with one attached hydrogen (secondary N) is 1. The van der Waals surface area contributed by atoms with Gasteiger partial charge in [0.2, 0.25) is 0 Å². The summed E-state index contributed by atoms with van der Waals surface area (Å²) >= 11 is 3.29. The van der Waals surface area contributed by atoms with E-state index in [1.807, 2.05) is 0 Å². The minimum absolute atomic E-state index is 0.396. The summed E-state index contributed by atoms with van der Waals surface area (Å²) in [5.74, 6) is 1.02. The van der Waals surface area contributed by atoms with Gasteiger partial charge in [-0.15, -0.1) is 0 Å². The van der Waals surface area contributed by atoms with Gasteiger partial charge < -0.3 is 16.2 Å². The summed E-state index contributed by atoms with van der Waals surface area (Å²) in [6, 6.07) is 0. The number of anilines is 2. The Morgan fingerprint density at radius 2 is 2.27 bits per heavy atom. The molecule has 0 aliphatic heterocycles. The van der Waals surface area contributed by atoms with Crippen LogP contribution in [0.25, 0.3) is 0 Å². The molecule has 1 saturated carbocycles. The van der Waals surface area contributed by atoms with Gasteiger partial charge in [-0.3, -0.25) is 0 Å². The number of nitrogens with zero attached hydrogens (tertiary/aromatic N) is 2. The second kappa shape index (κ2) is 3.94. The lowest BCUT2D eigenvalue weighted by Gasteiger charge is -2.36. The molecule has 0 aromatic carbocycles. The lowest BCUT2D eigenvalue weighted by molar-refractivity contribution is -0.0202. The smallest absolute Gasteiger partial charge is 0.146 e. The number of nitrogen functional groups attached to an aromatic ring is 1. The molecule has 1 aliphatic rings. The Bertz CT molecular complexity index is 367. The van der Waals surface area contributed by atoms with Crippen molar-refractivity contribution >= 4 is 27.6 Å². The highest BCUT2D eigenvalue weighted by molar-refractivity contribution is 9.10. The van der Waals surface area contributed by atoms with Crippen molar-refractivity contribution in [3.05, 3.63) is 10.8 Å². The van der Waals surface area contributed by atoms with Crippen LogP contribution in [-0.4, -0.2) is 27.2 Å². The van der Waals surface area contributed by atoms with Crippen molar-refractivity contribution < 1.29 is 5.11 Å². The number of halogens is 1. The van der Waals surface area contributed by atoms with Crippen molar-refractivity contribution in [3.8, 4) is 0 Å². The Morgan fingerprint density at radius 1 is 1.53 bits per heavy atom. The molecule has 0 radical (unpaired) electrons. The van der Waals surface area contributed by atoms with Crippen molar-refractivity contribution in [3.63, 3.8) is 0 Å². The van der Waals surface area contributed by atoms with E-state index in [4.69, 9.17) is 5.73 Å². The first-order valence-corrected chi connectivity index (χ1v) is 5.62. The number of aliphatic hydroxyl groups is 1. The number of nitrogens with two attached hydrogens (primary N) is 1. The topological polar surface area (TPSA) is 84.1 Å². The van der Waals surface area contributed by atoms with Crippen LogP contribution >= 0.6 is 15.9 Å². The quantitative estimate of drug-likeness (QED) is 0.769. The first-order chi connectivity index (χ1) is 7.11. The Balaban J connectivity index is 2.01. The fourth-order valence-electron chi connectivity index (χ4n) is 1.52. The van der Waals surface area contributed by atoms with E-state index in [-0.39, 0.29) is 0 Å². The summed E-state index contributed by atoms with van der Waals surface area (Å²) in [6.45, 7) is 0.502. The average molecular weight is 273 g/mol. The van der Waals surface area contributed by atoms with Crippen LogP contribution in [0.5, 0.6) is 0 Å². The Morgan fingerprint density at radius 3 is 2.87 bits per heavy atom. The molecular weight excluding hydrogens is 260 g/mol. The van der Waals surface area contributed by atoms with Crippen LogP contribution in [0.15, 0.2) is 10.8 Å². The van der Waals surface area contributed by atoms with Gasteiger partial charge in [-0.05, 0) is 35.2 Å². The van der Waals surface area contributed by atoms with Crippen LogP contribution in [0.4, 0.5) is 11.6 Å². The maximum absolute atomic E-state index is 9.88. The highest BCUT2D eigenvalue weighted by atomic mass is 79.9. The molecule has 82 valence electrons.